The first-order valence-electron chi connectivity index (χ1n) is 6.41. The van der Waals surface area contributed by atoms with Gasteiger partial charge < -0.3 is 9.84 Å². The zero-order valence-electron chi connectivity index (χ0n) is 10.6. The van der Waals surface area contributed by atoms with Crippen molar-refractivity contribution >= 4 is 0 Å². The highest BCUT2D eigenvalue weighted by molar-refractivity contribution is 5.14. The summed E-state index contributed by atoms with van der Waals surface area (Å²) in [7, 11) is 0. The van der Waals surface area contributed by atoms with Gasteiger partial charge in [-0.15, -0.1) is 0 Å². The van der Waals surface area contributed by atoms with Crippen molar-refractivity contribution in [1.82, 2.24) is 20.4 Å². The lowest BCUT2D eigenvalue weighted by molar-refractivity contribution is 0.203. The molecule has 0 aromatic carbocycles. The molecular weight excluding hydrogens is 216 g/mol. The monoisotopic (exact) mass is 236 g/mol. The lowest BCUT2D eigenvalue weighted by Crippen LogP contribution is -2.42. The van der Waals surface area contributed by atoms with Gasteiger partial charge in [-0.1, -0.05) is 19.0 Å². The van der Waals surface area contributed by atoms with Crippen LogP contribution in [0.2, 0.25) is 0 Å². The summed E-state index contributed by atoms with van der Waals surface area (Å²) in [6.45, 7) is 9.53. The molecule has 2 fully saturated rings. The fourth-order valence-electron chi connectivity index (χ4n) is 2.44. The quantitative estimate of drug-likeness (QED) is 0.848. The van der Waals surface area contributed by atoms with Gasteiger partial charge in [0.2, 0.25) is 5.89 Å². The van der Waals surface area contributed by atoms with Crippen LogP contribution in [-0.2, 0) is 6.54 Å². The lowest BCUT2D eigenvalue weighted by atomic mass is 10.1. The molecule has 0 spiro atoms. The third kappa shape index (κ3) is 2.35. The number of rotatable bonds is 3. The van der Waals surface area contributed by atoms with E-state index >= 15 is 0 Å². The van der Waals surface area contributed by atoms with Crippen LogP contribution in [0, 0.1) is 5.41 Å². The van der Waals surface area contributed by atoms with Crippen molar-refractivity contribution in [1.29, 1.82) is 0 Å². The molecule has 1 saturated carbocycles. The molecule has 1 aliphatic carbocycles. The van der Waals surface area contributed by atoms with E-state index in [1.165, 1.54) is 6.42 Å². The summed E-state index contributed by atoms with van der Waals surface area (Å²) >= 11 is 0. The molecule has 3 rings (SSSR count). The minimum atomic E-state index is 0.371. The molecule has 5 nitrogen and oxygen atoms in total. The van der Waals surface area contributed by atoms with Gasteiger partial charge in [0, 0.05) is 32.1 Å². The van der Waals surface area contributed by atoms with Crippen molar-refractivity contribution < 1.29 is 4.52 Å². The summed E-state index contributed by atoms with van der Waals surface area (Å²) in [5, 5.41) is 7.45. The van der Waals surface area contributed by atoms with Crippen molar-refractivity contribution in [3.8, 4) is 0 Å². The summed E-state index contributed by atoms with van der Waals surface area (Å²) in [5.74, 6) is 2.17. The molecule has 17 heavy (non-hydrogen) atoms. The van der Waals surface area contributed by atoms with Crippen LogP contribution in [0.4, 0.5) is 0 Å². The minimum Gasteiger partial charge on any atom is -0.338 e. The van der Waals surface area contributed by atoms with Gasteiger partial charge in [-0.25, -0.2) is 0 Å². The molecule has 0 radical (unpaired) electrons. The summed E-state index contributed by atoms with van der Waals surface area (Å²) in [4.78, 5) is 6.88. The van der Waals surface area contributed by atoms with E-state index in [-0.39, 0.29) is 0 Å². The van der Waals surface area contributed by atoms with E-state index < -0.39 is 0 Å². The van der Waals surface area contributed by atoms with E-state index in [1.807, 2.05) is 0 Å². The van der Waals surface area contributed by atoms with Crippen LogP contribution < -0.4 is 5.32 Å². The van der Waals surface area contributed by atoms with Gasteiger partial charge >= 0.3 is 0 Å². The average molecular weight is 236 g/mol. The van der Waals surface area contributed by atoms with Crippen LogP contribution in [0.3, 0.4) is 0 Å². The molecule has 1 aromatic heterocycles. The Morgan fingerprint density at radius 3 is 2.76 bits per heavy atom. The molecule has 2 heterocycles. The Labute approximate surface area is 102 Å². The maximum absolute atomic E-state index is 5.34. The van der Waals surface area contributed by atoms with Crippen molar-refractivity contribution in [3.05, 3.63) is 11.7 Å². The van der Waals surface area contributed by atoms with Crippen LogP contribution >= 0.6 is 0 Å². The first kappa shape index (κ1) is 11.2. The molecule has 0 amide bonds. The molecular formula is C12H20N4O. The topological polar surface area (TPSA) is 54.2 Å². The van der Waals surface area contributed by atoms with Gasteiger partial charge in [0.25, 0.3) is 0 Å². The molecule has 1 unspecified atom stereocenters. The highest BCUT2D eigenvalue weighted by Crippen LogP contribution is 2.57. The summed E-state index contributed by atoms with van der Waals surface area (Å²) in [5.41, 5.74) is 0.371. The van der Waals surface area contributed by atoms with Gasteiger partial charge in [-0.3, -0.25) is 4.90 Å². The number of aromatic nitrogens is 2. The van der Waals surface area contributed by atoms with Gasteiger partial charge in [0.15, 0.2) is 5.82 Å². The molecule has 1 atom stereocenters. The van der Waals surface area contributed by atoms with Crippen LogP contribution in [0.5, 0.6) is 0 Å². The van der Waals surface area contributed by atoms with Gasteiger partial charge in [-0.05, 0) is 11.8 Å². The van der Waals surface area contributed by atoms with Crippen LogP contribution in [-0.4, -0.2) is 41.2 Å². The molecule has 2 aliphatic rings. The molecule has 5 heteroatoms. The van der Waals surface area contributed by atoms with Crippen molar-refractivity contribution in [2.45, 2.75) is 32.7 Å². The van der Waals surface area contributed by atoms with E-state index in [0.717, 1.165) is 44.4 Å². The number of nitrogens with zero attached hydrogens (tertiary/aromatic N) is 3. The van der Waals surface area contributed by atoms with Crippen LogP contribution in [0.15, 0.2) is 4.52 Å². The van der Waals surface area contributed by atoms with Gasteiger partial charge in [0.05, 0.1) is 6.54 Å². The largest absolute Gasteiger partial charge is 0.338 e. The Balaban J connectivity index is 1.61. The van der Waals surface area contributed by atoms with Gasteiger partial charge in [-0.2, -0.15) is 4.98 Å². The third-order valence-corrected chi connectivity index (χ3v) is 3.88. The molecule has 0 bridgehead atoms. The van der Waals surface area contributed by atoms with E-state index in [2.05, 4.69) is 34.2 Å². The van der Waals surface area contributed by atoms with Crippen molar-refractivity contribution in [2.75, 3.05) is 26.2 Å². The Hall–Kier alpha value is -0.940. The normalized spacial score (nSPS) is 28.2. The molecule has 1 N–H and O–H groups in total. The van der Waals surface area contributed by atoms with Crippen molar-refractivity contribution in [2.24, 2.45) is 5.41 Å². The maximum Gasteiger partial charge on any atom is 0.240 e. The number of hydrogen-bond acceptors (Lipinski definition) is 5. The van der Waals surface area contributed by atoms with E-state index in [4.69, 9.17) is 4.52 Å². The SMILES string of the molecule is CC1(C)CC1c1noc(CN2CCNCC2)n1. The van der Waals surface area contributed by atoms with Gasteiger partial charge in [0.1, 0.15) is 0 Å². The summed E-state index contributed by atoms with van der Waals surface area (Å²) < 4.78 is 5.34. The highest BCUT2D eigenvalue weighted by atomic mass is 16.5. The lowest BCUT2D eigenvalue weighted by Gasteiger charge is -2.25. The fourth-order valence-corrected chi connectivity index (χ4v) is 2.44. The molecule has 1 aliphatic heterocycles. The van der Waals surface area contributed by atoms with E-state index in [1.54, 1.807) is 0 Å². The molecule has 94 valence electrons. The Morgan fingerprint density at radius 2 is 2.12 bits per heavy atom. The summed E-state index contributed by atoms with van der Waals surface area (Å²) in [6.07, 6.45) is 1.18. The molecule has 1 aromatic rings. The number of piperazine rings is 1. The van der Waals surface area contributed by atoms with Crippen LogP contribution in [0.1, 0.15) is 37.9 Å². The van der Waals surface area contributed by atoms with E-state index in [0.29, 0.717) is 11.3 Å². The summed E-state index contributed by atoms with van der Waals surface area (Å²) in [6, 6.07) is 0. The average Bonchev–Trinajstić information content (AvgIpc) is 2.74. The highest BCUT2D eigenvalue weighted by Gasteiger charge is 2.49. The Kier molecular flexibility index (Phi) is 2.67. The third-order valence-electron chi connectivity index (χ3n) is 3.88. The fraction of sp³-hybridized carbons (Fsp3) is 0.833. The second-order valence-corrected chi connectivity index (χ2v) is 5.82. The zero-order valence-corrected chi connectivity index (χ0v) is 10.6. The van der Waals surface area contributed by atoms with Crippen LogP contribution in [0.25, 0.3) is 0 Å². The standard InChI is InChI=1S/C12H20N4O/c1-12(2)7-9(12)11-14-10(17-15-11)8-16-5-3-13-4-6-16/h9,13H,3-8H2,1-2H3. The minimum absolute atomic E-state index is 0.371. The second-order valence-electron chi connectivity index (χ2n) is 5.82. The maximum atomic E-state index is 5.34. The smallest absolute Gasteiger partial charge is 0.240 e. The second kappa shape index (κ2) is 4.07. The Bertz CT molecular complexity index is 395. The van der Waals surface area contributed by atoms with E-state index in [9.17, 15) is 0 Å². The predicted molar refractivity (Wildman–Crippen MR) is 63.6 cm³/mol. The van der Waals surface area contributed by atoms with Crippen molar-refractivity contribution in [3.63, 3.8) is 0 Å². The number of hydrogen-bond donors (Lipinski definition) is 1. The molecule has 1 saturated heterocycles. The Morgan fingerprint density at radius 1 is 1.41 bits per heavy atom. The first-order valence-corrected chi connectivity index (χ1v) is 6.41. The number of nitrogens with one attached hydrogen (secondary N) is 1. The zero-order chi connectivity index (χ0) is 11.9. The predicted octanol–water partition coefficient (Wildman–Crippen LogP) is 0.988. The first-order chi connectivity index (χ1) is 8.15.